The van der Waals surface area contributed by atoms with Gasteiger partial charge in [0.1, 0.15) is 18.3 Å². The summed E-state index contributed by atoms with van der Waals surface area (Å²) in [6, 6.07) is 7.65. The summed E-state index contributed by atoms with van der Waals surface area (Å²) in [5.74, 6) is 0. The van der Waals surface area contributed by atoms with Crippen LogP contribution in [-0.2, 0) is 0 Å². The topological polar surface area (TPSA) is 116 Å². The average molecular weight is 314 g/mol. The summed E-state index contributed by atoms with van der Waals surface area (Å²) in [6.07, 6.45) is -5.72. The lowest BCUT2D eigenvalue weighted by molar-refractivity contribution is -0.0831. The number of thiocarbonyl (C=S) groups is 1. The second kappa shape index (κ2) is 6.65. The van der Waals surface area contributed by atoms with Crippen molar-refractivity contribution in [3.8, 4) is 0 Å². The normalized spacial score (nSPS) is 28.9. The summed E-state index contributed by atoms with van der Waals surface area (Å²) in [6.45, 7) is -0.669. The number of anilines is 1. The van der Waals surface area contributed by atoms with Crippen LogP contribution in [0.2, 0.25) is 0 Å². The van der Waals surface area contributed by atoms with Gasteiger partial charge in [0.2, 0.25) is 0 Å². The molecule has 7 nitrogen and oxygen atoms in total. The quantitative estimate of drug-likeness (QED) is 0.359. The second-order valence-corrected chi connectivity index (χ2v) is 5.21. The molecule has 2 rings (SSSR count). The molecule has 21 heavy (non-hydrogen) atoms. The van der Waals surface area contributed by atoms with Gasteiger partial charge in [0.25, 0.3) is 0 Å². The number of aliphatic hydroxyl groups excluding tert-OH is 5. The lowest BCUT2D eigenvalue weighted by atomic mass is 9.96. The molecule has 1 heterocycles. The number of para-hydroxylation sites is 1. The van der Waals surface area contributed by atoms with Crippen molar-refractivity contribution in [2.75, 3.05) is 11.5 Å². The molecule has 0 aromatic heterocycles. The van der Waals surface area contributed by atoms with Gasteiger partial charge in [-0.15, -0.1) is 0 Å². The van der Waals surface area contributed by atoms with Crippen LogP contribution in [0, 0.1) is 0 Å². The van der Waals surface area contributed by atoms with Crippen molar-refractivity contribution in [1.29, 1.82) is 0 Å². The molecule has 1 saturated heterocycles. The second-order valence-electron chi connectivity index (χ2n) is 4.83. The number of benzene rings is 1. The highest BCUT2D eigenvalue weighted by Gasteiger charge is 2.43. The molecule has 116 valence electrons. The van der Waals surface area contributed by atoms with Gasteiger partial charge < -0.3 is 30.8 Å². The number of nitrogens with zero attached hydrogens (tertiary/aromatic N) is 1. The summed E-state index contributed by atoms with van der Waals surface area (Å²) in [4.78, 5) is 1.31. The lowest BCUT2D eigenvalue weighted by Gasteiger charge is -2.44. The van der Waals surface area contributed by atoms with Crippen LogP contribution in [0.4, 0.5) is 5.69 Å². The van der Waals surface area contributed by atoms with Crippen LogP contribution in [0.1, 0.15) is 0 Å². The van der Waals surface area contributed by atoms with Gasteiger partial charge in [0, 0.05) is 5.69 Å². The lowest BCUT2D eigenvalue weighted by Crippen LogP contribution is -2.69. The zero-order valence-electron chi connectivity index (χ0n) is 11.1. The number of hydrogen-bond acceptors (Lipinski definition) is 6. The zero-order chi connectivity index (χ0) is 15.6. The van der Waals surface area contributed by atoms with Crippen molar-refractivity contribution in [3.63, 3.8) is 0 Å². The van der Waals surface area contributed by atoms with Crippen molar-refractivity contribution in [3.05, 3.63) is 30.3 Å². The minimum absolute atomic E-state index is 0.105. The van der Waals surface area contributed by atoms with Crippen LogP contribution in [-0.4, -0.2) is 67.8 Å². The summed E-state index contributed by atoms with van der Waals surface area (Å²) >= 11 is 5.15. The SMILES string of the molecule is OCC(O)C(O)[C@H]1NC(=S)N(c2ccccc2)[C@@H](O)[C@@H]1O. The Balaban J connectivity index is 2.21. The van der Waals surface area contributed by atoms with Crippen LogP contribution in [0.25, 0.3) is 0 Å². The average Bonchev–Trinajstić information content (AvgIpc) is 2.50. The van der Waals surface area contributed by atoms with Gasteiger partial charge in [-0.25, -0.2) is 0 Å². The van der Waals surface area contributed by atoms with Gasteiger partial charge in [0.15, 0.2) is 11.3 Å². The molecule has 1 aliphatic heterocycles. The number of nitrogens with one attached hydrogen (secondary N) is 1. The molecular weight excluding hydrogens is 296 g/mol. The van der Waals surface area contributed by atoms with E-state index in [1.54, 1.807) is 30.3 Å². The van der Waals surface area contributed by atoms with E-state index in [1.807, 2.05) is 0 Å². The van der Waals surface area contributed by atoms with Crippen LogP contribution < -0.4 is 10.2 Å². The molecule has 6 N–H and O–H groups in total. The third-order valence-electron chi connectivity index (χ3n) is 3.43. The highest BCUT2D eigenvalue weighted by Crippen LogP contribution is 2.24. The maximum absolute atomic E-state index is 10.2. The van der Waals surface area contributed by atoms with Gasteiger partial charge in [-0.05, 0) is 24.4 Å². The van der Waals surface area contributed by atoms with Crippen LogP contribution in [0.3, 0.4) is 0 Å². The van der Waals surface area contributed by atoms with E-state index < -0.39 is 37.2 Å². The molecule has 0 radical (unpaired) electrons. The Morgan fingerprint density at radius 3 is 2.38 bits per heavy atom. The van der Waals surface area contributed by atoms with E-state index in [2.05, 4.69) is 5.32 Å². The third-order valence-corrected chi connectivity index (χ3v) is 3.75. The minimum atomic E-state index is -1.48. The van der Waals surface area contributed by atoms with Gasteiger partial charge in [-0.1, -0.05) is 18.2 Å². The first-order valence-corrected chi connectivity index (χ1v) is 6.86. The first-order valence-electron chi connectivity index (χ1n) is 6.45. The molecule has 1 aromatic carbocycles. The number of hydrogen-bond donors (Lipinski definition) is 6. The Bertz CT molecular complexity index is 489. The van der Waals surface area contributed by atoms with Gasteiger partial charge in [0.05, 0.1) is 12.6 Å². The van der Waals surface area contributed by atoms with Gasteiger partial charge >= 0.3 is 0 Å². The highest BCUT2D eigenvalue weighted by molar-refractivity contribution is 7.80. The third kappa shape index (κ3) is 3.15. The molecule has 1 fully saturated rings. The predicted octanol–water partition coefficient (Wildman–Crippen LogP) is -1.86. The van der Waals surface area contributed by atoms with Crippen molar-refractivity contribution in [1.82, 2.24) is 5.32 Å². The van der Waals surface area contributed by atoms with Crippen LogP contribution in [0.15, 0.2) is 30.3 Å². The summed E-state index contributed by atoms with van der Waals surface area (Å²) in [7, 11) is 0. The predicted molar refractivity (Wildman–Crippen MR) is 79.6 cm³/mol. The van der Waals surface area contributed by atoms with Crippen molar-refractivity contribution < 1.29 is 25.5 Å². The Kier molecular flexibility index (Phi) is 5.09. The fourth-order valence-corrected chi connectivity index (χ4v) is 2.60. The number of rotatable bonds is 4. The van der Waals surface area contributed by atoms with Crippen LogP contribution >= 0.6 is 12.2 Å². The van der Waals surface area contributed by atoms with Crippen LogP contribution in [0.5, 0.6) is 0 Å². The van der Waals surface area contributed by atoms with Crippen molar-refractivity contribution in [2.45, 2.75) is 30.6 Å². The Hall–Kier alpha value is -1.29. The molecule has 0 bridgehead atoms. The molecule has 1 aliphatic rings. The Morgan fingerprint density at radius 2 is 1.81 bits per heavy atom. The van der Waals surface area contributed by atoms with E-state index in [0.717, 1.165) is 0 Å². The largest absolute Gasteiger partial charge is 0.394 e. The number of aliphatic hydroxyl groups is 5. The van der Waals surface area contributed by atoms with E-state index in [4.69, 9.17) is 17.3 Å². The summed E-state index contributed by atoms with van der Waals surface area (Å²) in [5, 5.41) is 51.4. The smallest absolute Gasteiger partial charge is 0.176 e. The van der Waals surface area contributed by atoms with E-state index in [1.165, 1.54) is 4.90 Å². The molecular formula is C13H18N2O5S. The molecule has 0 saturated carbocycles. The van der Waals surface area contributed by atoms with Gasteiger partial charge in [-0.3, -0.25) is 4.90 Å². The molecule has 0 aliphatic carbocycles. The summed E-state index contributed by atoms with van der Waals surface area (Å²) in [5.41, 5.74) is 0.581. The Morgan fingerprint density at radius 1 is 1.19 bits per heavy atom. The maximum Gasteiger partial charge on any atom is 0.176 e. The van der Waals surface area contributed by atoms with E-state index in [0.29, 0.717) is 5.69 Å². The van der Waals surface area contributed by atoms with E-state index >= 15 is 0 Å². The summed E-state index contributed by atoms with van der Waals surface area (Å²) < 4.78 is 0. The van der Waals surface area contributed by atoms with Crippen molar-refractivity contribution in [2.24, 2.45) is 0 Å². The van der Waals surface area contributed by atoms with E-state index in [9.17, 15) is 20.4 Å². The molecule has 2 unspecified atom stereocenters. The maximum atomic E-state index is 10.2. The fourth-order valence-electron chi connectivity index (χ4n) is 2.25. The monoisotopic (exact) mass is 314 g/mol. The first-order chi connectivity index (χ1) is 9.97. The molecule has 0 spiro atoms. The molecule has 8 heteroatoms. The fraction of sp³-hybridized carbons (Fsp3) is 0.462. The molecule has 0 amide bonds. The molecule has 1 aromatic rings. The van der Waals surface area contributed by atoms with E-state index in [-0.39, 0.29) is 5.11 Å². The van der Waals surface area contributed by atoms with Crippen molar-refractivity contribution >= 4 is 23.0 Å². The standard InChI is InChI=1S/C13H18N2O5S/c16-6-8(17)10(18)9-11(19)12(20)15(13(21)14-9)7-4-2-1-3-5-7/h1-5,8-12,16-20H,6H2,(H,14,21)/t8?,9-,10?,11-,12+/m1/s1. The zero-order valence-corrected chi connectivity index (χ0v) is 11.9. The van der Waals surface area contributed by atoms with Gasteiger partial charge in [-0.2, -0.15) is 0 Å². The highest BCUT2D eigenvalue weighted by atomic mass is 32.1. The Labute approximate surface area is 127 Å². The first kappa shape index (κ1) is 16.1. The molecule has 5 atom stereocenters. The minimum Gasteiger partial charge on any atom is -0.394 e.